The van der Waals surface area contributed by atoms with Gasteiger partial charge in [0.1, 0.15) is 0 Å². The molecule has 1 fully saturated rings. The molecule has 1 N–H and O–H groups in total. The van der Waals surface area contributed by atoms with Crippen LogP contribution in [0.5, 0.6) is 0 Å². The molecule has 0 saturated carbocycles. The number of nitrogens with one attached hydrogen (secondary N) is 1. The molecular formula is C18H25N3. The Bertz CT molecular complexity index is 513. The van der Waals surface area contributed by atoms with Gasteiger partial charge in [-0.2, -0.15) is 5.10 Å². The summed E-state index contributed by atoms with van der Waals surface area (Å²) in [5, 5.41) is 7.20. The summed E-state index contributed by atoms with van der Waals surface area (Å²) in [6.07, 6.45) is 5.62. The number of hydrogen-bond donors (Lipinski definition) is 1. The summed E-state index contributed by atoms with van der Waals surface area (Å²) in [4.78, 5) is 2.62. The smallest absolute Gasteiger partial charge is 0.0490 e. The van der Waals surface area contributed by atoms with Crippen LogP contribution >= 0.6 is 0 Å². The number of hydrogen-bond acceptors (Lipinski definition) is 2. The van der Waals surface area contributed by atoms with E-state index in [2.05, 4.69) is 58.4 Å². The lowest BCUT2D eigenvalue weighted by molar-refractivity contribution is 0.205. The van der Waals surface area contributed by atoms with E-state index in [9.17, 15) is 0 Å². The molecule has 1 aromatic heterocycles. The van der Waals surface area contributed by atoms with Crippen LogP contribution in [0.2, 0.25) is 0 Å². The third kappa shape index (κ3) is 3.73. The van der Waals surface area contributed by atoms with E-state index in [1.807, 2.05) is 6.20 Å². The molecule has 1 aliphatic rings. The second-order valence-electron chi connectivity index (χ2n) is 6.23. The van der Waals surface area contributed by atoms with Gasteiger partial charge in [0.2, 0.25) is 0 Å². The van der Waals surface area contributed by atoms with E-state index >= 15 is 0 Å². The zero-order valence-corrected chi connectivity index (χ0v) is 12.8. The minimum Gasteiger partial charge on any atom is -0.303 e. The van der Waals surface area contributed by atoms with Gasteiger partial charge in [-0.1, -0.05) is 37.3 Å². The number of aromatic nitrogens is 2. The first-order valence-corrected chi connectivity index (χ1v) is 8.09. The maximum Gasteiger partial charge on any atom is 0.0490 e. The highest BCUT2D eigenvalue weighted by molar-refractivity contribution is 5.18. The lowest BCUT2D eigenvalue weighted by Crippen LogP contribution is -2.34. The molecule has 1 aliphatic heterocycles. The molecule has 3 rings (SSSR count). The van der Waals surface area contributed by atoms with E-state index in [0.29, 0.717) is 11.8 Å². The normalized spacial score (nSPS) is 18.7. The molecule has 1 unspecified atom stereocenters. The zero-order chi connectivity index (χ0) is 14.5. The maximum atomic E-state index is 4.07. The Balaban J connectivity index is 1.43. The topological polar surface area (TPSA) is 31.9 Å². The summed E-state index contributed by atoms with van der Waals surface area (Å²) in [6, 6.07) is 13.0. The Labute approximate surface area is 127 Å². The Morgan fingerprint density at radius 1 is 1.19 bits per heavy atom. The van der Waals surface area contributed by atoms with Gasteiger partial charge in [-0.15, -0.1) is 0 Å². The Morgan fingerprint density at radius 2 is 1.95 bits per heavy atom. The van der Waals surface area contributed by atoms with Crippen LogP contribution in [0.25, 0.3) is 0 Å². The third-order valence-corrected chi connectivity index (χ3v) is 4.80. The molecule has 112 valence electrons. The average molecular weight is 283 g/mol. The fourth-order valence-electron chi connectivity index (χ4n) is 3.29. The van der Waals surface area contributed by atoms with Crippen LogP contribution in [-0.2, 0) is 0 Å². The van der Waals surface area contributed by atoms with Crippen LogP contribution in [-0.4, -0.2) is 34.7 Å². The SMILES string of the molecule is CC(CCN1CCC(c2ccn[nH]2)CC1)c1ccccc1. The number of piperidine rings is 1. The number of aromatic amines is 1. The van der Waals surface area contributed by atoms with Crippen molar-refractivity contribution in [2.75, 3.05) is 19.6 Å². The second kappa shape index (κ2) is 6.90. The number of benzene rings is 1. The van der Waals surface area contributed by atoms with Crippen molar-refractivity contribution >= 4 is 0 Å². The molecular weight excluding hydrogens is 258 g/mol. The lowest BCUT2D eigenvalue weighted by atomic mass is 9.92. The van der Waals surface area contributed by atoms with E-state index < -0.39 is 0 Å². The Kier molecular flexibility index (Phi) is 4.71. The first kappa shape index (κ1) is 14.3. The summed E-state index contributed by atoms with van der Waals surface area (Å²) in [6.45, 7) is 5.98. The highest BCUT2D eigenvalue weighted by Crippen LogP contribution is 2.27. The van der Waals surface area contributed by atoms with Crippen LogP contribution < -0.4 is 0 Å². The molecule has 21 heavy (non-hydrogen) atoms. The molecule has 1 aromatic carbocycles. The molecule has 3 heteroatoms. The summed E-state index contributed by atoms with van der Waals surface area (Å²) in [5.74, 6) is 1.33. The van der Waals surface area contributed by atoms with Crippen LogP contribution in [0.1, 0.15) is 49.3 Å². The molecule has 2 heterocycles. The molecule has 0 aliphatic carbocycles. The van der Waals surface area contributed by atoms with Crippen molar-refractivity contribution in [1.29, 1.82) is 0 Å². The number of nitrogens with zero attached hydrogens (tertiary/aromatic N) is 2. The predicted molar refractivity (Wildman–Crippen MR) is 86.5 cm³/mol. The van der Waals surface area contributed by atoms with Gasteiger partial charge in [0.15, 0.2) is 0 Å². The van der Waals surface area contributed by atoms with Crippen LogP contribution in [0.3, 0.4) is 0 Å². The predicted octanol–water partition coefficient (Wildman–Crippen LogP) is 3.78. The molecule has 0 radical (unpaired) electrons. The van der Waals surface area contributed by atoms with E-state index in [0.717, 1.165) is 0 Å². The average Bonchev–Trinajstić information content (AvgIpc) is 3.08. The first-order chi connectivity index (χ1) is 10.3. The van der Waals surface area contributed by atoms with E-state index in [-0.39, 0.29) is 0 Å². The van der Waals surface area contributed by atoms with Crippen molar-refractivity contribution in [3.8, 4) is 0 Å². The fourth-order valence-corrected chi connectivity index (χ4v) is 3.29. The van der Waals surface area contributed by atoms with Crippen molar-refractivity contribution < 1.29 is 0 Å². The lowest BCUT2D eigenvalue weighted by Gasteiger charge is -2.32. The second-order valence-corrected chi connectivity index (χ2v) is 6.23. The Morgan fingerprint density at radius 3 is 2.62 bits per heavy atom. The van der Waals surface area contributed by atoms with Crippen molar-refractivity contribution in [2.24, 2.45) is 0 Å². The number of rotatable bonds is 5. The molecule has 0 spiro atoms. The van der Waals surface area contributed by atoms with Crippen molar-refractivity contribution in [3.63, 3.8) is 0 Å². The van der Waals surface area contributed by atoms with Gasteiger partial charge in [0.05, 0.1) is 0 Å². The van der Waals surface area contributed by atoms with Crippen molar-refractivity contribution in [2.45, 2.75) is 38.0 Å². The van der Waals surface area contributed by atoms with E-state index in [1.54, 1.807) is 0 Å². The quantitative estimate of drug-likeness (QED) is 0.905. The Hall–Kier alpha value is -1.61. The molecule has 0 bridgehead atoms. The van der Waals surface area contributed by atoms with Gasteiger partial charge >= 0.3 is 0 Å². The minimum atomic E-state index is 0.650. The van der Waals surface area contributed by atoms with Gasteiger partial charge in [-0.3, -0.25) is 5.10 Å². The minimum absolute atomic E-state index is 0.650. The van der Waals surface area contributed by atoms with Crippen molar-refractivity contribution in [1.82, 2.24) is 15.1 Å². The first-order valence-electron chi connectivity index (χ1n) is 8.09. The zero-order valence-electron chi connectivity index (χ0n) is 12.8. The van der Waals surface area contributed by atoms with E-state index in [4.69, 9.17) is 0 Å². The van der Waals surface area contributed by atoms with E-state index in [1.165, 1.54) is 50.2 Å². The van der Waals surface area contributed by atoms with Gasteiger partial charge in [0, 0.05) is 17.8 Å². The van der Waals surface area contributed by atoms with Gasteiger partial charge in [0.25, 0.3) is 0 Å². The van der Waals surface area contributed by atoms with Gasteiger partial charge in [-0.25, -0.2) is 0 Å². The molecule has 0 amide bonds. The van der Waals surface area contributed by atoms with Crippen LogP contribution in [0, 0.1) is 0 Å². The maximum absolute atomic E-state index is 4.07. The molecule has 2 aromatic rings. The standard InChI is InChI=1S/C18H25N3/c1-15(16-5-3-2-4-6-16)8-12-21-13-9-17(10-14-21)18-7-11-19-20-18/h2-7,11,15,17H,8-10,12-14H2,1H3,(H,19,20). The largest absolute Gasteiger partial charge is 0.303 e. The fraction of sp³-hybridized carbons (Fsp3) is 0.500. The van der Waals surface area contributed by atoms with Crippen LogP contribution in [0.15, 0.2) is 42.6 Å². The summed E-state index contributed by atoms with van der Waals surface area (Å²) in [5.41, 5.74) is 2.78. The molecule has 3 nitrogen and oxygen atoms in total. The summed E-state index contributed by atoms with van der Waals surface area (Å²) in [7, 11) is 0. The molecule has 1 atom stereocenters. The van der Waals surface area contributed by atoms with Gasteiger partial charge < -0.3 is 4.90 Å². The summed E-state index contributed by atoms with van der Waals surface area (Å²) < 4.78 is 0. The third-order valence-electron chi connectivity index (χ3n) is 4.80. The number of likely N-dealkylation sites (tertiary alicyclic amines) is 1. The van der Waals surface area contributed by atoms with Crippen molar-refractivity contribution in [3.05, 3.63) is 53.9 Å². The molecule has 1 saturated heterocycles. The van der Waals surface area contributed by atoms with Gasteiger partial charge in [-0.05, 0) is 56.4 Å². The van der Waals surface area contributed by atoms with Crippen LogP contribution in [0.4, 0.5) is 0 Å². The number of H-pyrrole nitrogens is 1. The summed E-state index contributed by atoms with van der Waals surface area (Å²) >= 11 is 0. The highest BCUT2D eigenvalue weighted by Gasteiger charge is 2.21. The monoisotopic (exact) mass is 283 g/mol. The highest BCUT2D eigenvalue weighted by atomic mass is 15.1.